The first-order valence-corrected chi connectivity index (χ1v) is 7.14. The molecular formula is C18H18N2. The van der Waals surface area contributed by atoms with Gasteiger partial charge in [0.2, 0.25) is 0 Å². The van der Waals surface area contributed by atoms with Crippen LogP contribution in [0.15, 0.2) is 42.6 Å². The Bertz CT molecular complexity index is 825. The Morgan fingerprint density at radius 1 is 1.15 bits per heavy atom. The van der Waals surface area contributed by atoms with Crippen molar-refractivity contribution in [3.8, 4) is 11.3 Å². The lowest BCUT2D eigenvalue weighted by molar-refractivity contribution is 0.508. The van der Waals surface area contributed by atoms with E-state index in [-0.39, 0.29) is 5.41 Å². The van der Waals surface area contributed by atoms with E-state index in [1.807, 2.05) is 0 Å². The van der Waals surface area contributed by atoms with Gasteiger partial charge in [-0.2, -0.15) is 0 Å². The molecule has 0 saturated carbocycles. The molecule has 0 unspecified atom stereocenters. The molecule has 0 amide bonds. The van der Waals surface area contributed by atoms with Crippen molar-refractivity contribution < 1.29 is 0 Å². The van der Waals surface area contributed by atoms with Crippen LogP contribution in [0.1, 0.15) is 30.7 Å². The van der Waals surface area contributed by atoms with Gasteiger partial charge in [0.05, 0.1) is 11.4 Å². The van der Waals surface area contributed by atoms with E-state index in [0.717, 1.165) is 17.8 Å². The minimum absolute atomic E-state index is 0.157. The highest BCUT2D eigenvalue weighted by atomic mass is 15.0. The van der Waals surface area contributed by atoms with Crippen LogP contribution in [0.5, 0.6) is 0 Å². The molecule has 0 bridgehead atoms. The molecule has 100 valence electrons. The molecule has 0 aliphatic heterocycles. The van der Waals surface area contributed by atoms with Gasteiger partial charge in [0.25, 0.3) is 0 Å². The van der Waals surface area contributed by atoms with Crippen molar-refractivity contribution in [3.63, 3.8) is 0 Å². The van der Waals surface area contributed by atoms with Gasteiger partial charge in [0, 0.05) is 11.8 Å². The Labute approximate surface area is 119 Å². The van der Waals surface area contributed by atoms with Crippen LogP contribution >= 0.6 is 0 Å². The molecular weight excluding hydrogens is 244 g/mol. The summed E-state index contributed by atoms with van der Waals surface area (Å²) in [5, 5.41) is 0. The number of fused-ring (bicyclic) bond motifs is 5. The highest BCUT2D eigenvalue weighted by molar-refractivity contribution is 5.73. The van der Waals surface area contributed by atoms with Gasteiger partial charge in [-0.1, -0.05) is 38.1 Å². The zero-order valence-electron chi connectivity index (χ0n) is 12.1. The van der Waals surface area contributed by atoms with Crippen LogP contribution in [0, 0.1) is 6.92 Å². The summed E-state index contributed by atoms with van der Waals surface area (Å²) in [6.07, 6.45) is 3.18. The first-order chi connectivity index (χ1) is 9.56. The second-order valence-corrected chi connectivity index (χ2v) is 6.45. The third kappa shape index (κ3) is 1.48. The zero-order chi connectivity index (χ0) is 13.9. The fourth-order valence-corrected chi connectivity index (χ4v) is 3.38. The Hall–Kier alpha value is -2.09. The summed E-state index contributed by atoms with van der Waals surface area (Å²) in [6, 6.07) is 13.0. The summed E-state index contributed by atoms with van der Waals surface area (Å²) < 4.78 is 2.25. The maximum Gasteiger partial charge on any atom is 0.137 e. The van der Waals surface area contributed by atoms with Crippen molar-refractivity contribution >= 4 is 5.65 Å². The standard InChI is InChI=1S/C18H18N2/c1-12-8-9-20-15-11-18(2,3)14-7-5-4-6-13(14)17(15)19-16(20)10-12/h4-10H,11H2,1-3H3. The van der Waals surface area contributed by atoms with Crippen molar-refractivity contribution in [2.75, 3.05) is 0 Å². The van der Waals surface area contributed by atoms with E-state index in [1.54, 1.807) is 0 Å². The molecule has 2 nitrogen and oxygen atoms in total. The predicted octanol–water partition coefficient (Wildman–Crippen LogP) is 4.14. The molecule has 0 saturated heterocycles. The normalized spacial score (nSPS) is 15.9. The van der Waals surface area contributed by atoms with Gasteiger partial charge >= 0.3 is 0 Å². The highest BCUT2D eigenvalue weighted by Gasteiger charge is 2.33. The summed E-state index contributed by atoms with van der Waals surface area (Å²) in [6.45, 7) is 6.76. The maximum atomic E-state index is 4.88. The van der Waals surface area contributed by atoms with E-state index < -0.39 is 0 Å². The largest absolute Gasteiger partial charge is 0.303 e. The van der Waals surface area contributed by atoms with Gasteiger partial charge in [-0.15, -0.1) is 0 Å². The predicted molar refractivity (Wildman–Crippen MR) is 82.1 cm³/mol. The third-order valence-corrected chi connectivity index (χ3v) is 4.40. The number of hydrogen-bond donors (Lipinski definition) is 0. The van der Waals surface area contributed by atoms with Crippen LogP contribution in [0.2, 0.25) is 0 Å². The van der Waals surface area contributed by atoms with Crippen LogP contribution in [-0.2, 0) is 11.8 Å². The molecule has 2 aromatic heterocycles. The monoisotopic (exact) mass is 262 g/mol. The first kappa shape index (κ1) is 11.7. The van der Waals surface area contributed by atoms with Crippen LogP contribution in [0.25, 0.3) is 16.9 Å². The summed E-state index contributed by atoms with van der Waals surface area (Å²) >= 11 is 0. The van der Waals surface area contributed by atoms with Crippen molar-refractivity contribution in [3.05, 3.63) is 59.4 Å². The molecule has 20 heavy (non-hydrogen) atoms. The Balaban J connectivity index is 2.10. The van der Waals surface area contributed by atoms with Crippen molar-refractivity contribution in [2.45, 2.75) is 32.6 Å². The maximum absolute atomic E-state index is 4.88. The summed E-state index contributed by atoms with van der Waals surface area (Å²) in [5.74, 6) is 0. The average molecular weight is 262 g/mol. The van der Waals surface area contributed by atoms with E-state index >= 15 is 0 Å². The SMILES string of the molecule is Cc1ccn2c3c(nc2c1)-c1ccccc1C(C)(C)C3. The molecule has 0 radical (unpaired) electrons. The number of imidazole rings is 1. The van der Waals surface area contributed by atoms with Crippen LogP contribution < -0.4 is 0 Å². The number of aryl methyl sites for hydroxylation is 1. The summed E-state index contributed by atoms with van der Waals surface area (Å²) in [7, 11) is 0. The molecule has 1 aromatic carbocycles. The number of nitrogens with zero attached hydrogens (tertiary/aromatic N) is 2. The molecule has 1 aliphatic carbocycles. The molecule has 0 atom stereocenters. The third-order valence-electron chi connectivity index (χ3n) is 4.40. The second kappa shape index (κ2) is 3.72. The number of rotatable bonds is 0. The minimum atomic E-state index is 0.157. The van der Waals surface area contributed by atoms with Crippen molar-refractivity contribution in [1.82, 2.24) is 9.38 Å². The van der Waals surface area contributed by atoms with Crippen LogP contribution in [0.3, 0.4) is 0 Å². The van der Waals surface area contributed by atoms with E-state index in [2.05, 4.69) is 67.8 Å². The fourth-order valence-electron chi connectivity index (χ4n) is 3.38. The van der Waals surface area contributed by atoms with Gasteiger partial charge in [-0.25, -0.2) is 4.98 Å². The van der Waals surface area contributed by atoms with Gasteiger partial charge in [0.15, 0.2) is 0 Å². The molecule has 0 fully saturated rings. The smallest absolute Gasteiger partial charge is 0.137 e. The molecule has 4 rings (SSSR count). The lowest BCUT2D eigenvalue weighted by Crippen LogP contribution is -2.26. The highest BCUT2D eigenvalue weighted by Crippen LogP contribution is 2.42. The van der Waals surface area contributed by atoms with E-state index in [1.165, 1.54) is 22.4 Å². The molecule has 2 heterocycles. The number of benzene rings is 1. The molecule has 1 aliphatic rings. The van der Waals surface area contributed by atoms with Crippen molar-refractivity contribution in [1.29, 1.82) is 0 Å². The van der Waals surface area contributed by atoms with Gasteiger partial charge < -0.3 is 4.40 Å². The number of pyridine rings is 1. The number of hydrogen-bond acceptors (Lipinski definition) is 1. The summed E-state index contributed by atoms with van der Waals surface area (Å²) in [5.41, 5.74) is 7.67. The fraction of sp³-hybridized carbons (Fsp3) is 0.278. The van der Waals surface area contributed by atoms with Crippen molar-refractivity contribution in [2.24, 2.45) is 0 Å². The lowest BCUT2D eigenvalue weighted by atomic mass is 9.73. The second-order valence-electron chi connectivity index (χ2n) is 6.45. The first-order valence-electron chi connectivity index (χ1n) is 7.14. The Morgan fingerprint density at radius 2 is 1.95 bits per heavy atom. The Kier molecular flexibility index (Phi) is 2.18. The van der Waals surface area contributed by atoms with Crippen LogP contribution in [0.4, 0.5) is 0 Å². The van der Waals surface area contributed by atoms with Gasteiger partial charge in [0.1, 0.15) is 5.65 Å². The van der Waals surface area contributed by atoms with Gasteiger partial charge in [-0.3, -0.25) is 0 Å². The minimum Gasteiger partial charge on any atom is -0.303 e. The van der Waals surface area contributed by atoms with E-state index in [0.29, 0.717) is 0 Å². The quantitative estimate of drug-likeness (QED) is 0.595. The van der Waals surface area contributed by atoms with E-state index in [4.69, 9.17) is 4.98 Å². The van der Waals surface area contributed by atoms with Gasteiger partial charge in [-0.05, 0) is 42.0 Å². The molecule has 2 heteroatoms. The van der Waals surface area contributed by atoms with Crippen LogP contribution in [-0.4, -0.2) is 9.38 Å². The van der Waals surface area contributed by atoms with E-state index in [9.17, 15) is 0 Å². The molecule has 0 spiro atoms. The molecule has 0 N–H and O–H groups in total. The zero-order valence-corrected chi connectivity index (χ0v) is 12.1. The summed E-state index contributed by atoms with van der Waals surface area (Å²) in [4.78, 5) is 4.88. The molecule has 3 aromatic rings. The number of aromatic nitrogens is 2. The topological polar surface area (TPSA) is 17.3 Å². The Morgan fingerprint density at radius 3 is 2.80 bits per heavy atom. The lowest BCUT2D eigenvalue weighted by Gasteiger charge is -2.32. The average Bonchev–Trinajstić information content (AvgIpc) is 2.76.